The zero-order chi connectivity index (χ0) is 17.3. The number of Topliss-reactive ketones (excluding diaryl/α,β-unsaturated/α-hetero) is 1. The number of carbonyl (C=O) groups excluding carboxylic acids is 2. The molecular weight excluding hydrogens is 304 g/mol. The van der Waals surface area contributed by atoms with Crippen molar-refractivity contribution < 1.29 is 14.3 Å². The van der Waals surface area contributed by atoms with Crippen molar-refractivity contribution in [2.45, 2.75) is 26.9 Å². The number of hydrogen-bond acceptors (Lipinski definition) is 3. The van der Waals surface area contributed by atoms with Crippen LogP contribution in [-0.2, 0) is 4.74 Å². The van der Waals surface area contributed by atoms with E-state index in [0.717, 1.165) is 16.8 Å². The first-order chi connectivity index (χ1) is 11.5. The zero-order valence-corrected chi connectivity index (χ0v) is 14.3. The Hall–Kier alpha value is -2.40. The first-order valence-electron chi connectivity index (χ1n) is 8.15. The van der Waals surface area contributed by atoms with Crippen LogP contribution in [0.15, 0.2) is 30.3 Å². The standard InChI is InChI=1S/C19H22N2O3/c1-12-17(14(3)22)13(2)20-18(12)19(23)21-9-10-24-16(11-21)15-7-5-4-6-8-15/h4-8,16,20H,9-11H2,1-3H3/t16-/m0/s1. The third-order valence-corrected chi connectivity index (χ3v) is 4.53. The number of aryl methyl sites for hydroxylation is 1. The Bertz CT molecular complexity index is 764. The molecule has 1 aromatic carbocycles. The van der Waals surface area contributed by atoms with Gasteiger partial charge in [0.15, 0.2) is 5.78 Å². The second kappa shape index (κ2) is 6.61. The van der Waals surface area contributed by atoms with E-state index < -0.39 is 0 Å². The maximum absolute atomic E-state index is 12.9. The molecule has 0 radical (unpaired) electrons. The van der Waals surface area contributed by atoms with Gasteiger partial charge in [-0.3, -0.25) is 9.59 Å². The summed E-state index contributed by atoms with van der Waals surface area (Å²) in [6.07, 6.45) is -0.118. The molecule has 1 amide bonds. The third kappa shape index (κ3) is 2.99. The summed E-state index contributed by atoms with van der Waals surface area (Å²) in [5, 5.41) is 0. The van der Waals surface area contributed by atoms with E-state index in [1.165, 1.54) is 6.92 Å². The predicted molar refractivity (Wildman–Crippen MR) is 91.3 cm³/mol. The molecule has 5 nitrogen and oxygen atoms in total. The Balaban J connectivity index is 1.83. The largest absolute Gasteiger partial charge is 0.370 e. The number of H-pyrrole nitrogens is 1. The van der Waals surface area contributed by atoms with Crippen molar-refractivity contribution in [3.63, 3.8) is 0 Å². The molecule has 0 aliphatic carbocycles. The number of ketones is 1. The Labute approximate surface area is 141 Å². The van der Waals surface area contributed by atoms with Crippen LogP contribution in [-0.4, -0.2) is 41.3 Å². The van der Waals surface area contributed by atoms with Crippen LogP contribution in [0.1, 0.15) is 50.7 Å². The number of benzene rings is 1. The monoisotopic (exact) mass is 326 g/mol. The Morgan fingerprint density at radius 2 is 1.92 bits per heavy atom. The average molecular weight is 326 g/mol. The lowest BCUT2D eigenvalue weighted by atomic mass is 10.1. The average Bonchev–Trinajstić information content (AvgIpc) is 2.89. The molecule has 0 spiro atoms. The van der Waals surface area contributed by atoms with E-state index in [-0.39, 0.29) is 17.8 Å². The fourth-order valence-electron chi connectivity index (χ4n) is 3.35. The third-order valence-electron chi connectivity index (χ3n) is 4.53. The molecule has 1 N–H and O–H groups in total. The van der Waals surface area contributed by atoms with Gasteiger partial charge in [-0.25, -0.2) is 0 Å². The number of aromatic nitrogens is 1. The highest BCUT2D eigenvalue weighted by Gasteiger charge is 2.29. The van der Waals surface area contributed by atoms with Crippen LogP contribution < -0.4 is 0 Å². The normalized spacial score (nSPS) is 17.8. The molecule has 2 heterocycles. The summed E-state index contributed by atoms with van der Waals surface area (Å²) in [6, 6.07) is 9.92. The molecule has 0 saturated carbocycles. The smallest absolute Gasteiger partial charge is 0.270 e. The minimum absolute atomic E-state index is 0.0237. The number of morpholine rings is 1. The number of amides is 1. The van der Waals surface area contributed by atoms with E-state index in [1.807, 2.05) is 44.2 Å². The van der Waals surface area contributed by atoms with Crippen molar-refractivity contribution in [2.75, 3.05) is 19.7 Å². The van der Waals surface area contributed by atoms with Crippen LogP contribution in [0.5, 0.6) is 0 Å². The molecule has 3 rings (SSSR count). The maximum Gasteiger partial charge on any atom is 0.270 e. The zero-order valence-electron chi connectivity index (χ0n) is 14.3. The highest BCUT2D eigenvalue weighted by molar-refractivity contribution is 6.02. The number of ether oxygens (including phenoxy) is 1. The Kier molecular flexibility index (Phi) is 4.53. The van der Waals surface area contributed by atoms with Crippen molar-refractivity contribution >= 4 is 11.7 Å². The van der Waals surface area contributed by atoms with Crippen LogP contribution in [0.25, 0.3) is 0 Å². The summed E-state index contributed by atoms with van der Waals surface area (Å²) < 4.78 is 5.82. The summed E-state index contributed by atoms with van der Waals surface area (Å²) in [6.45, 7) is 6.74. The minimum Gasteiger partial charge on any atom is -0.370 e. The number of rotatable bonds is 3. The van der Waals surface area contributed by atoms with Gasteiger partial charge >= 0.3 is 0 Å². The van der Waals surface area contributed by atoms with Gasteiger partial charge in [-0.2, -0.15) is 0 Å². The fourth-order valence-corrected chi connectivity index (χ4v) is 3.35. The number of nitrogens with one attached hydrogen (secondary N) is 1. The van der Waals surface area contributed by atoms with E-state index in [9.17, 15) is 9.59 Å². The van der Waals surface area contributed by atoms with E-state index >= 15 is 0 Å². The van der Waals surface area contributed by atoms with Crippen molar-refractivity contribution in [3.05, 3.63) is 58.4 Å². The maximum atomic E-state index is 12.9. The van der Waals surface area contributed by atoms with Crippen LogP contribution in [0.3, 0.4) is 0 Å². The van der Waals surface area contributed by atoms with Gasteiger partial charge in [0.1, 0.15) is 11.8 Å². The predicted octanol–water partition coefficient (Wildman–Crippen LogP) is 3.05. The molecule has 1 aliphatic rings. The first-order valence-corrected chi connectivity index (χ1v) is 8.15. The summed E-state index contributed by atoms with van der Waals surface area (Å²) in [4.78, 5) is 29.6. The Morgan fingerprint density at radius 1 is 1.21 bits per heavy atom. The lowest BCUT2D eigenvalue weighted by Crippen LogP contribution is -2.42. The molecule has 126 valence electrons. The van der Waals surface area contributed by atoms with Gasteiger partial charge in [0, 0.05) is 17.8 Å². The first kappa shape index (κ1) is 16.5. The van der Waals surface area contributed by atoms with Gasteiger partial charge in [0.25, 0.3) is 5.91 Å². The Morgan fingerprint density at radius 3 is 2.54 bits per heavy atom. The van der Waals surface area contributed by atoms with Crippen molar-refractivity contribution in [1.29, 1.82) is 0 Å². The van der Waals surface area contributed by atoms with E-state index in [4.69, 9.17) is 4.74 Å². The van der Waals surface area contributed by atoms with Crippen LogP contribution >= 0.6 is 0 Å². The molecule has 0 bridgehead atoms. The lowest BCUT2D eigenvalue weighted by molar-refractivity contribution is -0.0230. The molecule has 1 atom stereocenters. The minimum atomic E-state index is -0.118. The van der Waals surface area contributed by atoms with Gasteiger partial charge in [-0.05, 0) is 31.9 Å². The van der Waals surface area contributed by atoms with Crippen molar-refractivity contribution in [2.24, 2.45) is 0 Å². The molecule has 5 heteroatoms. The molecular formula is C19H22N2O3. The molecule has 0 unspecified atom stereocenters. The highest BCUT2D eigenvalue weighted by atomic mass is 16.5. The van der Waals surface area contributed by atoms with Gasteiger partial charge in [0.05, 0.1) is 13.2 Å². The van der Waals surface area contributed by atoms with Gasteiger partial charge in [0.2, 0.25) is 0 Å². The summed E-state index contributed by atoms with van der Waals surface area (Å²) in [5.41, 5.74) is 3.67. The summed E-state index contributed by atoms with van der Waals surface area (Å²) in [5.74, 6) is -0.100. The number of aromatic amines is 1. The molecule has 2 aromatic rings. The van der Waals surface area contributed by atoms with Gasteiger partial charge < -0.3 is 14.6 Å². The second-order valence-electron chi connectivity index (χ2n) is 6.20. The molecule has 24 heavy (non-hydrogen) atoms. The van der Waals surface area contributed by atoms with Gasteiger partial charge in [-0.15, -0.1) is 0 Å². The van der Waals surface area contributed by atoms with Crippen molar-refractivity contribution in [3.8, 4) is 0 Å². The molecule has 1 saturated heterocycles. The lowest BCUT2D eigenvalue weighted by Gasteiger charge is -2.33. The quantitative estimate of drug-likeness (QED) is 0.882. The van der Waals surface area contributed by atoms with E-state index in [2.05, 4.69) is 4.98 Å². The fraction of sp³-hybridized carbons (Fsp3) is 0.368. The molecule has 1 aliphatic heterocycles. The van der Waals surface area contributed by atoms with Gasteiger partial charge in [-0.1, -0.05) is 30.3 Å². The van der Waals surface area contributed by atoms with Crippen molar-refractivity contribution in [1.82, 2.24) is 9.88 Å². The van der Waals surface area contributed by atoms with Crippen LogP contribution in [0, 0.1) is 13.8 Å². The molecule has 1 aromatic heterocycles. The highest BCUT2D eigenvalue weighted by Crippen LogP contribution is 2.25. The van der Waals surface area contributed by atoms with Crippen LogP contribution in [0.4, 0.5) is 0 Å². The number of nitrogens with zero attached hydrogens (tertiary/aromatic N) is 1. The number of hydrogen-bond donors (Lipinski definition) is 1. The molecule has 1 fully saturated rings. The summed E-state index contributed by atoms with van der Waals surface area (Å²) in [7, 11) is 0. The van der Waals surface area contributed by atoms with E-state index in [0.29, 0.717) is 31.0 Å². The summed E-state index contributed by atoms with van der Waals surface area (Å²) >= 11 is 0. The van der Waals surface area contributed by atoms with Crippen LogP contribution in [0.2, 0.25) is 0 Å². The second-order valence-corrected chi connectivity index (χ2v) is 6.20. The topological polar surface area (TPSA) is 62.4 Å². The van der Waals surface area contributed by atoms with E-state index in [1.54, 1.807) is 4.90 Å². The SMILES string of the molecule is CC(=O)c1c(C)[nH]c(C(=O)N2CCO[C@H](c3ccccc3)C2)c1C. The number of carbonyl (C=O) groups is 2.